The highest BCUT2D eigenvalue weighted by Crippen LogP contribution is 2.17. The van der Waals surface area contributed by atoms with Crippen molar-refractivity contribution in [3.63, 3.8) is 0 Å². The molecule has 2 unspecified atom stereocenters. The molecule has 1 aliphatic heterocycles. The van der Waals surface area contributed by atoms with Gasteiger partial charge < -0.3 is 15.7 Å². The highest BCUT2D eigenvalue weighted by atomic mass is 16.4. The lowest BCUT2D eigenvalue weighted by Gasteiger charge is -2.24. The van der Waals surface area contributed by atoms with Gasteiger partial charge in [-0.05, 0) is 26.2 Å². The molecule has 2 atom stereocenters. The molecule has 0 aromatic rings. The van der Waals surface area contributed by atoms with E-state index in [-0.39, 0.29) is 24.8 Å². The summed E-state index contributed by atoms with van der Waals surface area (Å²) in [5.41, 5.74) is 5.65. The molecule has 1 aliphatic rings. The maximum absolute atomic E-state index is 11.8. The van der Waals surface area contributed by atoms with Crippen molar-refractivity contribution in [3.05, 3.63) is 0 Å². The van der Waals surface area contributed by atoms with E-state index in [1.54, 1.807) is 4.90 Å². The molecular weight excluding hydrogens is 196 g/mol. The predicted molar refractivity (Wildman–Crippen MR) is 55.3 cm³/mol. The van der Waals surface area contributed by atoms with Crippen LogP contribution in [-0.4, -0.2) is 40.5 Å². The molecule has 0 saturated carbocycles. The van der Waals surface area contributed by atoms with E-state index in [9.17, 15) is 9.59 Å². The molecule has 0 bridgehead atoms. The SMILES string of the molecule is CC1CCCN1C(=O)C(N)CCC(=O)O. The molecule has 86 valence electrons. The van der Waals surface area contributed by atoms with Crippen molar-refractivity contribution in [2.75, 3.05) is 6.54 Å². The fourth-order valence-corrected chi connectivity index (χ4v) is 1.88. The lowest BCUT2D eigenvalue weighted by atomic mass is 10.1. The molecule has 0 aliphatic carbocycles. The standard InChI is InChI=1S/C10H18N2O3/c1-7-3-2-6-12(7)10(15)8(11)4-5-9(13)14/h7-8H,2-6,11H2,1H3,(H,13,14). The number of carbonyl (C=O) groups excluding carboxylic acids is 1. The first-order valence-corrected chi connectivity index (χ1v) is 5.30. The van der Waals surface area contributed by atoms with Gasteiger partial charge in [-0.1, -0.05) is 0 Å². The van der Waals surface area contributed by atoms with E-state index in [1.165, 1.54) is 0 Å². The Balaban J connectivity index is 2.41. The lowest BCUT2D eigenvalue weighted by molar-refractivity contribution is -0.137. The molecule has 1 fully saturated rings. The summed E-state index contributed by atoms with van der Waals surface area (Å²) >= 11 is 0. The first-order chi connectivity index (χ1) is 7.02. The van der Waals surface area contributed by atoms with Gasteiger partial charge in [0.2, 0.25) is 5.91 Å². The maximum atomic E-state index is 11.8. The highest BCUT2D eigenvalue weighted by Gasteiger charge is 2.28. The Morgan fingerprint density at radius 3 is 2.73 bits per heavy atom. The average molecular weight is 214 g/mol. The molecule has 1 rings (SSSR count). The molecule has 1 heterocycles. The summed E-state index contributed by atoms with van der Waals surface area (Å²) in [4.78, 5) is 23.9. The molecule has 3 N–H and O–H groups in total. The van der Waals surface area contributed by atoms with E-state index in [2.05, 4.69) is 0 Å². The number of aliphatic carboxylic acids is 1. The summed E-state index contributed by atoms with van der Waals surface area (Å²) in [6.45, 7) is 2.75. The first-order valence-electron chi connectivity index (χ1n) is 5.30. The van der Waals surface area contributed by atoms with Gasteiger partial charge in [0.15, 0.2) is 0 Å². The Bertz CT molecular complexity index is 255. The normalized spacial score (nSPS) is 22.8. The molecule has 0 radical (unpaired) electrons. The largest absolute Gasteiger partial charge is 0.481 e. The second kappa shape index (κ2) is 5.11. The monoisotopic (exact) mass is 214 g/mol. The van der Waals surface area contributed by atoms with Gasteiger partial charge in [0.1, 0.15) is 0 Å². The molecule has 1 saturated heterocycles. The van der Waals surface area contributed by atoms with Crippen LogP contribution in [0.1, 0.15) is 32.6 Å². The summed E-state index contributed by atoms with van der Waals surface area (Å²) in [7, 11) is 0. The van der Waals surface area contributed by atoms with Crippen molar-refractivity contribution in [2.24, 2.45) is 5.73 Å². The quantitative estimate of drug-likeness (QED) is 0.699. The van der Waals surface area contributed by atoms with Crippen molar-refractivity contribution >= 4 is 11.9 Å². The van der Waals surface area contributed by atoms with Gasteiger partial charge in [0.05, 0.1) is 6.04 Å². The highest BCUT2D eigenvalue weighted by molar-refractivity contribution is 5.82. The third kappa shape index (κ3) is 3.20. The van der Waals surface area contributed by atoms with E-state index in [0.717, 1.165) is 19.4 Å². The molecule has 5 heteroatoms. The van der Waals surface area contributed by atoms with Gasteiger partial charge in [-0.3, -0.25) is 9.59 Å². The molecule has 0 aromatic carbocycles. The smallest absolute Gasteiger partial charge is 0.303 e. The van der Waals surface area contributed by atoms with E-state index in [0.29, 0.717) is 0 Å². The Kier molecular flexibility index (Phi) is 4.08. The second-order valence-electron chi connectivity index (χ2n) is 4.06. The van der Waals surface area contributed by atoms with Crippen LogP contribution in [0.4, 0.5) is 0 Å². The minimum atomic E-state index is -0.910. The fraction of sp³-hybridized carbons (Fsp3) is 0.800. The van der Waals surface area contributed by atoms with Crippen LogP contribution in [0.2, 0.25) is 0 Å². The van der Waals surface area contributed by atoms with Crippen LogP contribution in [0.25, 0.3) is 0 Å². The summed E-state index contributed by atoms with van der Waals surface area (Å²) in [5.74, 6) is -1.02. The Morgan fingerprint density at radius 1 is 1.60 bits per heavy atom. The van der Waals surface area contributed by atoms with Crippen molar-refractivity contribution in [2.45, 2.75) is 44.7 Å². The number of nitrogens with zero attached hydrogens (tertiary/aromatic N) is 1. The lowest BCUT2D eigenvalue weighted by Crippen LogP contribution is -2.45. The van der Waals surface area contributed by atoms with Crippen LogP contribution in [0, 0.1) is 0 Å². The third-order valence-corrected chi connectivity index (χ3v) is 2.82. The molecule has 0 aromatic heterocycles. The number of hydrogen-bond acceptors (Lipinski definition) is 3. The van der Waals surface area contributed by atoms with E-state index in [1.807, 2.05) is 6.92 Å². The number of nitrogens with two attached hydrogens (primary N) is 1. The third-order valence-electron chi connectivity index (χ3n) is 2.82. The van der Waals surface area contributed by atoms with Crippen molar-refractivity contribution in [3.8, 4) is 0 Å². The van der Waals surface area contributed by atoms with Crippen LogP contribution in [0.15, 0.2) is 0 Å². The summed E-state index contributed by atoms with van der Waals surface area (Å²) < 4.78 is 0. The number of likely N-dealkylation sites (tertiary alicyclic amines) is 1. The van der Waals surface area contributed by atoms with E-state index >= 15 is 0 Å². The molecular formula is C10H18N2O3. The number of carboxylic acid groups (broad SMARTS) is 1. The zero-order valence-electron chi connectivity index (χ0n) is 8.98. The Morgan fingerprint density at radius 2 is 2.27 bits per heavy atom. The van der Waals surface area contributed by atoms with Crippen molar-refractivity contribution in [1.29, 1.82) is 0 Å². The number of amides is 1. The van der Waals surface area contributed by atoms with Crippen molar-refractivity contribution in [1.82, 2.24) is 4.90 Å². The van der Waals surface area contributed by atoms with Crippen LogP contribution in [0.5, 0.6) is 0 Å². The molecule has 5 nitrogen and oxygen atoms in total. The van der Waals surface area contributed by atoms with Crippen LogP contribution in [0.3, 0.4) is 0 Å². The number of rotatable bonds is 4. The average Bonchev–Trinajstić information content (AvgIpc) is 2.59. The fourth-order valence-electron chi connectivity index (χ4n) is 1.88. The van der Waals surface area contributed by atoms with Crippen LogP contribution in [-0.2, 0) is 9.59 Å². The van der Waals surface area contributed by atoms with Gasteiger partial charge in [-0.15, -0.1) is 0 Å². The minimum Gasteiger partial charge on any atom is -0.481 e. The molecule has 1 amide bonds. The number of hydrogen-bond donors (Lipinski definition) is 2. The molecule has 0 spiro atoms. The maximum Gasteiger partial charge on any atom is 0.303 e. The van der Waals surface area contributed by atoms with E-state index < -0.39 is 12.0 Å². The summed E-state index contributed by atoms with van der Waals surface area (Å²) in [6.07, 6.45) is 2.20. The minimum absolute atomic E-state index is 0.0465. The Hall–Kier alpha value is -1.10. The first kappa shape index (κ1) is 12.0. The van der Waals surface area contributed by atoms with Gasteiger partial charge in [-0.2, -0.15) is 0 Å². The van der Waals surface area contributed by atoms with Gasteiger partial charge in [0, 0.05) is 19.0 Å². The number of carbonyl (C=O) groups is 2. The topological polar surface area (TPSA) is 83.6 Å². The van der Waals surface area contributed by atoms with E-state index in [4.69, 9.17) is 10.8 Å². The zero-order chi connectivity index (χ0) is 11.4. The molecule has 15 heavy (non-hydrogen) atoms. The van der Waals surface area contributed by atoms with Crippen molar-refractivity contribution < 1.29 is 14.7 Å². The predicted octanol–water partition coefficient (Wildman–Crippen LogP) is 0.189. The Labute approximate surface area is 89.2 Å². The second-order valence-corrected chi connectivity index (χ2v) is 4.06. The van der Waals surface area contributed by atoms with Gasteiger partial charge in [-0.25, -0.2) is 0 Å². The van der Waals surface area contributed by atoms with Crippen LogP contribution >= 0.6 is 0 Å². The summed E-state index contributed by atoms with van der Waals surface area (Å²) in [6, 6.07) is -0.421. The van der Waals surface area contributed by atoms with Gasteiger partial charge >= 0.3 is 5.97 Å². The van der Waals surface area contributed by atoms with Crippen LogP contribution < -0.4 is 5.73 Å². The summed E-state index contributed by atoms with van der Waals surface area (Å²) in [5, 5.41) is 8.48. The number of carboxylic acids is 1. The van der Waals surface area contributed by atoms with Gasteiger partial charge in [0.25, 0.3) is 0 Å². The zero-order valence-corrected chi connectivity index (χ0v) is 8.98.